The summed E-state index contributed by atoms with van der Waals surface area (Å²) in [6.07, 6.45) is 53.5. The third kappa shape index (κ3) is 42.5. The summed E-state index contributed by atoms with van der Waals surface area (Å²) in [5.41, 5.74) is 0. The van der Waals surface area contributed by atoms with Crippen LogP contribution >= 0.6 is 23.2 Å². The Balaban J connectivity index is 4.35. The summed E-state index contributed by atoms with van der Waals surface area (Å²) in [6.45, 7) is 5.25. The minimum absolute atomic E-state index is 0.274. The Morgan fingerprint density at radius 3 is 1.04 bits per heavy atom. The molecule has 0 fully saturated rings. The fraction of sp³-hybridized carbons (Fsp3) is 0.913. The zero-order valence-electron chi connectivity index (χ0n) is 34.3. The first kappa shape index (κ1) is 50.9. The quantitative estimate of drug-likeness (QED) is 0.0268. The minimum Gasteiger partial charge on any atom is -0.352 e. The van der Waals surface area contributed by atoms with Crippen LogP contribution in [-0.2, 0) is 14.2 Å². The molecule has 0 N–H and O–H groups in total. The van der Waals surface area contributed by atoms with Gasteiger partial charge in [0.2, 0.25) is 0 Å². The first-order valence-corrected chi connectivity index (χ1v) is 23.6. The normalized spacial score (nSPS) is 13.3. The predicted octanol–water partition coefficient (Wildman–Crippen LogP) is 16.6. The van der Waals surface area contributed by atoms with E-state index in [1.54, 1.807) is 0 Å². The monoisotopic (exact) mass is 759 g/mol. The van der Waals surface area contributed by atoms with Crippen LogP contribution in [0.1, 0.15) is 232 Å². The highest BCUT2D eigenvalue weighted by molar-refractivity contribution is 6.18. The second kappa shape index (κ2) is 46.1. The van der Waals surface area contributed by atoms with Crippen LogP contribution in [0.3, 0.4) is 0 Å². The molecule has 2 unspecified atom stereocenters. The van der Waals surface area contributed by atoms with Crippen molar-refractivity contribution in [2.75, 3.05) is 25.3 Å². The minimum atomic E-state index is 0.274. The van der Waals surface area contributed by atoms with Gasteiger partial charge in [-0.3, -0.25) is 0 Å². The molecule has 0 aliphatic carbocycles. The molecule has 2 atom stereocenters. The lowest BCUT2D eigenvalue weighted by Crippen LogP contribution is -2.19. The zero-order chi connectivity index (χ0) is 37.0. The number of alkyl halides is 2. The van der Waals surface area contributed by atoms with E-state index in [9.17, 15) is 0 Å². The van der Waals surface area contributed by atoms with E-state index < -0.39 is 0 Å². The molecule has 0 aliphatic rings. The summed E-state index contributed by atoms with van der Waals surface area (Å²) in [4.78, 5) is 0. The Labute approximate surface area is 330 Å². The lowest BCUT2D eigenvalue weighted by Gasteiger charge is -2.20. The van der Waals surface area contributed by atoms with Crippen LogP contribution in [0.2, 0.25) is 0 Å². The van der Waals surface area contributed by atoms with E-state index in [0.29, 0.717) is 13.6 Å². The smallest absolute Gasteiger partial charge is 0.149 e. The maximum atomic E-state index is 6.29. The van der Waals surface area contributed by atoms with Crippen molar-refractivity contribution < 1.29 is 14.2 Å². The summed E-state index contributed by atoms with van der Waals surface area (Å²) in [5, 5.41) is 0. The molecule has 51 heavy (non-hydrogen) atoms. The van der Waals surface area contributed by atoms with Crippen molar-refractivity contribution in [2.45, 2.75) is 244 Å². The molecule has 304 valence electrons. The summed E-state index contributed by atoms with van der Waals surface area (Å²) in [5.74, 6) is 1.63. The Bertz CT molecular complexity index is 629. The van der Waals surface area contributed by atoms with Crippen molar-refractivity contribution in [3.63, 3.8) is 0 Å². The number of hydrogen-bond donors (Lipinski definition) is 0. The molecule has 0 saturated heterocycles. The highest BCUT2D eigenvalue weighted by Gasteiger charge is 2.11. The average molecular weight is 760 g/mol. The number of rotatable bonds is 44. The molecule has 0 aromatic rings. The number of ether oxygens (including phenoxy) is 3. The molecule has 0 radical (unpaired) electrons. The van der Waals surface area contributed by atoms with Gasteiger partial charge in [-0.05, 0) is 77.0 Å². The highest BCUT2D eigenvalue weighted by Crippen LogP contribution is 2.18. The molecule has 0 aromatic carbocycles. The van der Waals surface area contributed by atoms with Crippen LogP contribution in [-0.4, -0.2) is 37.6 Å². The largest absolute Gasteiger partial charge is 0.352 e. The van der Waals surface area contributed by atoms with Crippen molar-refractivity contribution in [3.8, 4) is 0 Å². The van der Waals surface area contributed by atoms with Gasteiger partial charge < -0.3 is 14.2 Å². The fourth-order valence-electron chi connectivity index (χ4n) is 6.77. The second-order valence-corrected chi connectivity index (χ2v) is 15.9. The lowest BCUT2D eigenvalue weighted by atomic mass is 10.0. The summed E-state index contributed by atoms with van der Waals surface area (Å²) in [7, 11) is 0. The molecule has 5 heteroatoms. The van der Waals surface area contributed by atoms with E-state index in [-0.39, 0.29) is 12.2 Å². The van der Waals surface area contributed by atoms with Gasteiger partial charge in [-0.15, -0.1) is 23.2 Å². The van der Waals surface area contributed by atoms with E-state index in [0.717, 1.165) is 50.3 Å². The van der Waals surface area contributed by atoms with E-state index in [2.05, 4.69) is 38.2 Å². The maximum absolute atomic E-state index is 6.29. The SMILES string of the molecule is CCCCCCCC(CCC=CCCCCCCCCCCCl)OCOCOC(CCC=CCCCCCCCCCCCl)CCCCCCC. The van der Waals surface area contributed by atoms with Gasteiger partial charge in [0, 0.05) is 11.8 Å². The Hall–Kier alpha value is -0.0600. The van der Waals surface area contributed by atoms with E-state index >= 15 is 0 Å². The number of halogens is 2. The zero-order valence-corrected chi connectivity index (χ0v) is 35.8. The Kier molecular flexibility index (Phi) is 46.0. The molecule has 0 bridgehead atoms. The van der Waals surface area contributed by atoms with E-state index in [4.69, 9.17) is 37.4 Å². The molecule has 0 aromatic heterocycles. The van der Waals surface area contributed by atoms with Crippen molar-refractivity contribution >= 4 is 23.2 Å². The molecule has 3 nitrogen and oxygen atoms in total. The lowest BCUT2D eigenvalue weighted by molar-refractivity contribution is -0.167. The van der Waals surface area contributed by atoms with Gasteiger partial charge in [-0.1, -0.05) is 179 Å². The first-order chi connectivity index (χ1) is 25.3. The van der Waals surface area contributed by atoms with Gasteiger partial charge >= 0.3 is 0 Å². The summed E-state index contributed by atoms with van der Waals surface area (Å²) in [6, 6.07) is 0. The van der Waals surface area contributed by atoms with Gasteiger partial charge in [0.1, 0.15) is 13.6 Å². The summed E-state index contributed by atoms with van der Waals surface area (Å²) >= 11 is 11.5. The molecule has 0 aliphatic heterocycles. The second-order valence-electron chi connectivity index (χ2n) is 15.1. The van der Waals surface area contributed by atoms with E-state index in [1.165, 1.54) is 180 Å². The van der Waals surface area contributed by atoms with Gasteiger partial charge in [-0.25, -0.2) is 0 Å². The van der Waals surface area contributed by atoms with Crippen LogP contribution in [0.5, 0.6) is 0 Å². The number of hydrogen-bond acceptors (Lipinski definition) is 3. The predicted molar refractivity (Wildman–Crippen MR) is 229 cm³/mol. The molecular formula is C46H88Cl2O3. The molecule has 0 amide bonds. The van der Waals surface area contributed by atoms with Gasteiger partial charge in [-0.2, -0.15) is 0 Å². The van der Waals surface area contributed by atoms with Crippen molar-refractivity contribution in [1.29, 1.82) is 0 Å². The fourth-order valence-corrected chi connectivity index (χ4v) is 7.14. The van der Waals surface area contributed by atoms with Gasteiger partial charge in [0.25, 0.3) is 0 Å². The number of allylic oxidation sites excluding steroid dienone is 4. The van der Waals surface area contributed by atoms with Crippen molar-refractivity contribution in [3.05, 3.63) is 24.3 Å². The standard InChI is InChI=1S/C46H88Cl2O3/c1-3-5-7-25-31-37-45(39-33-27-21-17-13-9-11-15-19-23-29-35-41-47)50-43-49-44-51-46(38-32-26-8-6-4-2)40-34-28-22-18-14-10-12-16-20-24-30-36-42-48/h21-22,27-28,45-46H,3-20,23-26,29-44H2,1-2H3. The third-order valence-corrected chi connectivity index (χ3v) is 10.7. The molecule has 0 spiro atoms. The van der Waals surface area contributed by atoms with Crippen molar-refractivity contribution in [1.82, 2.24) is 0 Å². The third-order valence-electron chi connectivity index (χ3n) is 10.2. The molecule has 0 rings (SSSR count). The molecule has 0 heterocycles. The Morgan fingerprint density at radius 1 is 0.353 bits per heavy atom. The van der Waals surface area contributed by atoms with E-state index in [1.807, 2.05) is 0 Å². The maximum Gasteiger partial charge on any atom is 0.149 e. The Morgan fingerprint density at radius 2 is 0.667 bits per heavy atom. The van der Waals surface area contributed by atoms with Crippen LogP contribution in [0, 0.1) is 0 Å². The van der Waals surface area contributed by atoms with Crippen LogP contribution in [0.25, 0.3) is 0 Å². The van der Waals surface area contributed by atoms with Crippen molar-refractivity contribution in [2.24, 2.45) is 0 Å². The number of unbranched alkanes of at least 4 members (excludes halogenated alkanes) is 24. The van der Waals surface area contributed by atoms with Crippen LogP contribution in [0.15, 0.2) is 24.3 Å². The van der Waals surface area contributed by atoms with Gasteiger partial charge in [0.05, 0.1) is 12.2 Å². The van der Waals surface area contributed by atoms with Crippen LogP contribution < -0.4 is 0 Å². The average Bonchev–Trinajstić information content (AvgIpc) is 3.14. The van der Waals surface area contributed by atoms with Crippen LogP contribution in [0.4, 0.5) is 0 Å². The molecule has 0 saturated carbocycles. The highest BCUT2D eigenvalue weighted by atomic mass is 35.5. The summed E-state index contributed by atoms with van der Waals surface area (Å²) < 4.78 is 18.5. The van der Waals surface area contributed by atoms with Gasteiger partial charge in [0.15, 0.2) is 0 Å². The first-order valence-electron chi connectivity index (χ1n) is 22.5. The molecular weight excluding hydrogens is 671 g/mol. The topological polar surface area (TPSA) is 27.7 Å².